The van der Waals surface area contributed by atoms with E-state index in [2.05, 4.69) is 9.97 Å². The second-order valence-electron chi connectivity index (χ2n) is 5.10. The Kier molecular flexibility index (Phi) is 3.16. The maximum absolute atomic E-state index is 13.4. The molecule has 0 fully saturated rings. The summed E-state index contributed by atoms with van der Waals surface area (Å²) >= 11 is 1.10. The molecule has 0 aliphatic rings. The molecule has 0 spiro atoms. The standard InChI is InChI=1S/C14H12F2N2O2S/c1-5(2)7-3-6(13(15)16)10-11-12(21-14(10)17-7)8(19)4-9(20)18-11/h3-5,13H,1-2H3,(H2,18,19,20). The van der Waals surface area contributed by atoms with Gasteiger partial charge in [-0.2, -0.15) is 0 Å². The van der Waals surface area contributed by atoms with Crippen molar-refractivity contribution < 1.29 is 13.9 Å². The van der Waals surface area contributed by atoms with Crippen LogP contribution in [0.15, 0.2) is 16.9 Å². The Morgan fingerprint density at radius 1 is 1.33 bits per heavy atom. The van der Waals surface area contributed by atoms with Crippen LogP contribution in [-0.2, 0) is 0 Å². The molecule has 0 bridgehead atoms. The highest BCUT2D eigenvalue weighted by Crippen LogP contribution is 2.40. The van der Waals surface area contributed by atoms with Gasteiger partial charge >= 0.3 is 0 Å². The Morgan fingerprint density at radius 2 is 2.05 bits per heavy atom. The zero-order valence-electron chi connectivity index (χ0n) is 11.3. The molecule has 21 heavy (non-hydrogen) atoms. The summed E-state index contributed by atoms with van der Waals surface area (Å²) in [5.41, 5.74) is 0.0772. The van der Waals surface area contributed by atoms with E-state index in [1.807, 2.05) is 13.8 Å². The van der Waals surface area contributed by atoms with Crippen molar-refractivity contribution in [2.45, 2.75) is 26.2 Å². The lowest BCUT2D eigenvalue weighted by atomic mass is 10.1. The summed E-state index contributed by atoms with van der Waals surface area (Å²) in [5.74, 6) is -0.215. The zero-order valence-corrected chi connectivity index (χ0v) is 12.1. The number of aromatic hydroxyl groups is 1. The molecule has 0 aliphatic carbocycles. The highest BCUT2D eigenvalue weighted by molar-refractivity contribution is 7.25. The van der Waals surface area contributed by atoms with Crippen molar-refractivity contribution in [1.29, 1.82) is 0 Å². The summed E-state index contributed by atoms with van der Waals surface area (Å²) in [4.78, 5) is 18.8. The summed E-state index contributed by atoms with van der Waals surface area (Å²) in [7, 11) is 0. The summed E-state index contributed by atoms with van der Waals surface area (Å²) in [5, 5.41) is 10.0. The van der Waals surface area contributed by atoms with E-state index in [1.54, 1.807) is 0 Å². The monoisotopic (exact) mass is 310 g/mol. The highest BCUT2D eigenvalue weighted by atomic mass is 32.1. The number of nitrogens with zero attached hydrogens (tertiary/aromatic N) is 1. The molecule has 2 N–H and O–H groups in total. The Bertz CT molecular complexity index is 899. The number of rotatable bonds is 2. The molecule has 0 atom stereocenters. The number of hydrogen-bond acceptors (Lipinski definition) is 4. The van der Waals surface area contributed by atoms with E-state index < -0.39 is 12.0 Å². The number of alkyl halides is 2. The molecule has 0 aromatic carbocycles. The molecule has 3 aromatic heterocycles. The van der Waals surface area contributed by atoms with Crippen molar-refractivity contribution in [3.63, 3.8) is 0 Å². The normalized spacial score (nSPS) is 12.1. The molecule has 3 rings (SSSR count). The van der Waals surface area contributed by atoms with Gasteiger partial charge in [-0.15, -0.1) is 11.3 Å². The number of hydrogen-bond donors (Lipinski definition) is 2. The zero-order chi connectivity index (χ0) is 15.3. The van der Waals surface area contributed by atoms with Gasteiger partial charge < -0.3 is 10.1 Å². The quantitative estimate of drug-likeness (QED) is 0.754. The first-order chi connectivity index (χ1) is 9.88. The molecule has 3 heterocycles. The summed E-state index contributed by atoms with van der Waals surface area (Å²) in [6.07, 6.45) is -2.68. The van der Waals surface area contributed by atoms with E-state index >= 15 is 0 Å². The van der Waals surface area contributed by atoms with Gasteiger partial charge in [-0.3, -0.25) is 4.79 Å². The molecule has 0 saturated carbocycles. The predicted molar refractivity (Wildman–Crippen MR) is 78.5 cm³/mol. The molecule has 4 nitrogen and oxygen atoms in total. The second kappa shape index (κ2) is 4.77. The van der Waals surface area contributed by atoms with Crippen LogP contribution < -0.4 is 5.56 Å². The number of H-pyrrole nitrogens is 1. The number of thiophene rings is 1. The summed E-state index contributed by atoms with van der Waals surface area (Å²) in [6.45, 7) is 3.74. The Balaban J connectivity index is 2.52. The fourth-order valence-electron chi connectivity index (χ4n) is 2.26. The van der Waals surface area contributed by atoms with Crippen molar-refractivity contribution >= 4 is 31.8 Å². The topological polar surface area (TPSA) is 66.0 Å². The summed E-state index contributed by atoms with van der Waals surface area (Å²) in [6, 6.07) is 2.40. The van der Waals surface area contributed by atoms with Crippen LogP contribution in [0.25, 0.3) is 20.4 Å². The highest BCUT2D eigenvalue weighted by Gasteiger charge is 2.21. The lowest BCUT2D eigenvalue weighted by Gasteiger charge is -2.08. The third-order valence-corrected chi connectivity index (χ3v) is 4.39. The molecule has 0 amide bonds. The van der Waals surface area contributed by atoms with Gasteiger partial charge in [0.2, 0.25) is 0 Å². The van der Waals surface area contributed by atoms with Gasteiger partial charge in [0.25, 0.3) is 12.0 Å². The largest absolute Gasteiger partial charge is 0.506 e. The molecular formula is C14H12F2N2O2S. The van der Waals surface area contributed by atoms with Crippen LogP contribution in [0.1, 0.15) is 37.4 Å². The molecule has 110 valence electrons. The van der Waals surface area contributed by atoms with Gasteiger partial charge in [0.15, 0.2) is 0 Å². The maximum atomic E-state index is 13.4. The van der Waals surface area contributed by atoms with Gasteiger partial charge in [-0.1, -0.05) is 13.8 Å². The van der Waals surface area contributed by atoms with Crippen LogP contribution in [0.2, 0.25) is 0 Å². The van der Waals surface area contributed by atoms with Gasteiger partial charge in [0.05, 0.1) is 10.2 Å². The van der Waals surface area contributed by atoms with Gasteiger partial charge in [0, 0.05) is 22.7 Å². The van der Waals surface area contributed by atoms with Crippen LogP contribution in [0.4, 0.5) is 8.78 Å². The van der Waals surface area contributed by atoms with Crippen molar-refractivity contribution in [3.05, 3.63) is 33.7 Å². The van der Waals surface area contributed by atoms with Crippen molar-refractivity contribution in [2.75, 3.05) is 0 Å². The van der Waals surface area contributed by atoms with E-state index in [0.717, 1.165) is 17.4 Å². The third-order valence-electron chi connectivity index (χ3n) is 3.29. The van der Waals surface area contributed by atoms with Gasteiger partial charge in [-0.25, -0.2) is 13.8 Å². The van der Waals surface area contributed by atoms with E-state index in [0.29, 0.717) is 15.2 Å². The average molecular weight is 310 g/mol. The predicted octanol–water partition coefficient (Wildman–Crippen LogP) is 3.90. The number of halogens is 2. The summed E-state index contributed by atoms with van der Waals surface area (Å²) < 4.78 is 27.1. The minimum Gasteiger partial charge on any atom is -0.506 e. The first-order valence-corrected chi connectivity index (χ1v) is 7.17. The molecule has 0 saturated heterocycles. The van der Waals surface area contributed by atoms with Gasteiger partial charge in [0.1, 0.15) is 10.6 Å². The van der Waals surface area contributed by atoms with Crippen LogP contribution in [0, 0.1) is 0 Å². The molecule has 7 heteroatoms. The van der Waals surface area contributed by atoms with E-state index in [4.69, 9.17) is 0 Å². The number of pyridine rings is 2. The molecule has 0 aliphatic heterocycles. The van der Waals surface area contributed by atoms with Crippen LogP contribution >= 0.6 is 11.3 Å². The maximum Gasteiger partial charge on any atom is 0.264 e. The lowest BCUT2D eigenvalue weighted by molar-refractivity contribution is 0.153. The second-order valence-corrected chi connectivity index (χ2v) is 6.10. The van der Waals surface area contributed by atoms with Crippen molar-refractivity contribution in [1.82, 2.24) is 9.97 Å². The first-order valence-electron chi connectivity index (χ1n) is 6.36. The number of aromatic nitrogens is 2. The fraction of sp³-hybridized carbons (Fsp3) is 0.286. The Labute approximate surface area is 122 Å². The van der Waals surface area contributed by atoms with E-state index in [1.165, 1.54) is 6.07 Å². The SMILES string of the molecule is CC(C)c1cc(C(F)F)c2c(n1)sc1c(O)cc(=O)[nH]c12. The van der Waals surface area contributed by atoms with Crippen LogP contribution in [0.5, 0.6) is 5.75 Å². The number of nitrogens with one attached hydrogen (secondary N) is 1. The molecular weight excluding hydrogens is 298 g/mol. The van der Waals surface area contributed by atoms with Crippen LogP contribution in [-0.4, -0.2) is 15.1 Å². The smallest absolute Gasteiger partial charge is 0.264 e. The average Bonchev–Trinajstić information content (AvgIpc) is 2.76. The minimum absolute atomic E-state index is 0.00441. The number of aromatic amines is 1. The Morgan fingerprint density at radius 3 is 2.67 bits per heavy atom. The molecule has 0 unspecified atom stereocenters. The lowest BCUT2D eigenvalue weighted by Crippen LogP contribution is -2.03. The molecule has 0 radical (unpaired) electrons. The number of fused-ring (bicyclic) bond motifs is 3. The van der Waals surface area contributed by atoms with Gasteiger partial charge in [-0.05, 0) is 12.0 Å². The van der Waals surface area contributed by atoms with Crippen molar-refractivity contribution in [2.24, 2.45) is 0 Å². The van der Waals surface area contributed by atoms with Crippen LogP contribution in [0.3, 0.4) is 0 Å². The first kappa shape index (κ1) is 13.9. The van der Waals surface area contributed by atoms with E-state index in [9.17, 15) is 18.7 Å². The molecule has 3 aromatic rings. The Hall–Kier alpha value is -2.02. The fourth-order valence-corrected chi connectivity index (χ4v) is 3.35. The van der Waals surface area contributed by atoms with Crippen molar-refractivity contribution in [3.8, 4) is 5.75 Å². The minimum atomic E-state index is -2.68. The third kappa shape index (κ3) is 2.17. The van der Waals surface area contributed by atoms with E-state index in [-0.39, 0.29) is 28.1 Å².